The summed E-state index contributed by atoms with van der Waals surface area (Å²) in [6.45, 7) is 0.767. The van der Waals surface area contributed by atoms with Crippen LogP contribution in [0.1, 0.15) is 6.42 Å². The number of aliphatic hydroxyl groups excluding tert-OH is 1. The lowest BCUT2D eigenvalue weighted by Gasteiger charge is -2.01. The van der Waals surface area contributed by atoms with Crippen molar-refractivity contribution in [2.75, 3.05) is 18.5 Å². The number of anilines is 1. The molecule has 0 aliphatic carbocycles. The molecule has 1 aromatic rings. The molecule has 1 rings (SSSR count). The van der Waals surface area contributed by atoms with E-state index < -0.39 is 0 Å². The first kappa shape index (κ1) is 9.15. The molecule has 66 valence electrons. The van der Waals surface area contributed by atoms with Crippen LogP contribution >= 0.6 is 11.6 Å². The molecule has 5 nitrogen and oxygen atoms in total. The Bertz CT molecular complexity index is 245. The average molecular weight is 189 g/mol. The molecular weight excluding hydrogens is 180 g/mol. The lowest BCUT2D eigenvalue weighted by atomic mass is 10.4. The number of rotatable bonds is 4. The van der Waals surface area contributed by atoms with Crippen molar-refractivity contribution in [2.45, 2.75) is 6.42 Å². The Morgan fingerprint density at radius 1 is 1.50 bits per heavy atom. The molecule has 2 N–H and O–H groups in total. The van der Waals surface area contributed by atoms with Gasteiger partial charge >= 0.3 is 0 Å². The van der Waals surface area contributed by atoms with Gasteiger partial charge in [0.1, 0.15) is 6.33 Å². The highest BCUT2D eigenvalue weighted by molar-refractivity contribution is 6.28. The van der Waals surface area contributed by atoms with E-state index in [4.69, 9.17) is 16.7 Å². The Balaban J connectivity index is 2.41. The van der Waals surface area contributed by atoms with E-state index in [0.29, 0.717) is 18.9 Å². The van der Waals surface area contributed by atoms with Gasteiger partial charge in [-0.25, -0.2) is 9.97 Å². The molecule has 0 radical (unpaired) electrons. The Morgan fingerprint density at radius 3 is 3.00 bits per heavy atom. The summed E-state index contributed by atoms with van der Waals surface area (Å²) in [5.41, 5.74) is 0. The molecule has 12 heavy (non-hydrogen) atoms. The van der Waals surface area contributed by atoms with Crippen LogP contribution in [0.25, 0.3) is 0 Å². The quantitative estimate of drug-likeness (QED) is 0.666. The van der Waals surface area contributed by atoms with Crippen molar-refractivity contribution in [1.82, 2.24) is 15.0 Å². The van der Waals surface area contributed by atoms with Crippen LogP contribution in [0, 0.1) is 0 Å². The van der Waals surface area contributed by atoms with Gasteiger partial charge in [-0.2, -0.15) is 4.98 Å². The molecule has 0 amide bonds. The van der Waals surface area contributed by atoms with E-state index in [1.165, 1.54) is 6.33 Å². The van der Waals surface area contributed by atoms with E-state index >= 15 is 0 Å². The van der Waals surface area contributed by atoms with Crippen LogP contribution < -0.4 is 5.32 Å². The van der Waals surface area contributed by atoms with Crippen LogP contribution in [0.4, 0.5) is 5.95 Å². The van der Waals surface area contributed by atoms with E-state index in [2.05, 4.69) is 20.3 Å². The van der Waals surface area contributed by atoms with Crippen molar-refractivity contribution >= 4 is 17.5 Å². The molecule has 1 aromatic heterocycles. The average Bonchev–Trinajstić information content (AvgIpc) is 2.05. The molecule has 6 heteroatoms. The third kappa shape index (κ3) is 2.98. The van der Waals surface area contributed by atoms with Crippen LogP contribution in [0.2, 0.25) is 5.28 Å². The number of nitrogens with one attached hydrogen (secondary N) is 1. The molecule has 0 aromatic carbocycles. The molecule has 0 spiro atoms. The number of hydrogen-bond acceptors (Lipinski definition) is 5. The molecule has 0 atom stereocenters. The predicted molar refractivity (Wildman–Crippen MR) is 45.0 cm³/mol. The van der Waals surface area contributed by atoms with E-state index in [-0.39, 0.29) is 11.9 Å². The fourth-order valence-corrected chi connectivity index (χ4v) is 0.764. The van der Waals surface area contributed by atoms with Gasteiger partial charge in [-0.1, -0.05) is 0 Å². The van der Waals surface area contributed by atoms with Gasteiger partial charge in [0.2, 0.25) is 11.2 Å². The minimum atomic E-state index is 0.145. The first-order valence-corrected chi connectivity index (χ1v) is 3.90. The van der Waals surface area contributed by atoms with Crippen molar-refractivity contribution in [2.24, 2.45) is 0 Å². The standard InChI is InChI=1S/C6H9ClN4O/c7-5-9-4-10-6(11-5)8-2-1-3-12/h4,12H,1-3H2,(H,8,9,10,11). The minimum Gasteiger partial charge on any atom is -0.396 e. The van der Waals surface area contributed by atoms with Gasteiger partial charge in [0.25, 0.3) is 0 Å². The van der Waals surface area contributed by atoms with E-state index in [1.807, 2.05) is 0 Å². The zero-order valence-electron chi connectivity index (χ0n) is 6.37. The Kier molecular flexibility index (Phi) is 3.69. The summed E-state index contributed by atoms with van der Waals surface area (Å²) in [6, 6.07) is 0. The summed E-state index contributed by atoms with van der Waals surface area (Å²) < 4.78 is 0. The van der Waals surface area contributed by atoms with E-state index in [9.17, 15) is 0 Å². The summed E-state index contributed by atoms with van der Waals surface area (Å²) in [5.74, 6) is 0.434. The second-order valence-electron chi connectivity index (χ2n) is 2.08. The third-order valence-corrected chi connectivity index (χ3v) is 1.34. The second-order valence-corrected chi connectivity index (χ2v) is 2.42. The highest BCUT2D eigenvalue weighted by atomic mass is 35.5. The molecule has 0 saturated carbocycles. The van der Waals surface area contributed by atoms with Crippen molar-refractivity contribution < 1.29 is 5.11 Å². The molecule has 0 fully saturated rings. The smallest absolute Gasteiger partial charge is 0.227 e. The number of aliphatic hydroxyl groups is 1. The van der Waals surface area contributed by atoms with Crippen molar-refractivity contribution in [3.05, 3.63) is 11.6 Å². The highest BCUT2D eigenvalue weighted by Gasteiger charge is 1.95. The summed E-state index contributed by atoms with van der Waals surface area (Å²) in [6.07, 6.45) is 1.99. The van der Waals surface area contributed by atoms with Crippen LogP contribution in [-0.2, 0) is 0 Å². The monoisotopic (exact) mass is 188 g/mol. The van der Waals surface area contributed by atoms with Gasteiger partial charge in [-0.05, 0) is 18.0 Å². The fraction of sp³-hybridized carbons (Fsp3) is 0.500. The summed E-state index contributed by atoms with van der Waals surface area (Å²) in [5, 5.41) is 11.5. The van der Waals surface area contributed by atoms with Gasteiger partial charge in [0, 0.05) is 13.2 Å². The minimum absolute atomic E-state index is 0.145. The van der Waals surface area contributed by atoms with E-state index in [0.717, 1.165) is 0 Å². The first-order valence-electron chi connectivity index (χ1n) is 3.52. The van der Waals surface area contributed by atoms with Gasteiger partial charge in [0.15, 0.2) is 0 Å². The summed E-state index contributed by atoms with van der Waals surface area (Å²) in [4.78, 5) is 11.2. The maximum absolute atomic E-state index is 8.48. The van der Waals surface area contributed by atoms with Gasteiger partial charge in [-0.3, -0.25) is 0 Å². The molecule has 0 saturated heterocycles. The van der Waals surface area contributed by atoms with Gasteiger partial charge in [-0.15, -0.1) is 0 Å². The number of halogens is 1. The van der Waals surface area contributed by atoms with Gasteiger partial charge in [0.05, 0.1) is 0 Å². The van der Waals surface area contributed by atoms with Crippen molar-refractivity contribution in [3.63, 3.8) is 0 Å². The van der Waals surface area contributed by atoms with Crippen molar-refractivity contribution in [3.8, 4) is 0 Å². The van der Waals surface area contributed by atoms with Crippen LogP contribution in [-0.4, -0.2) is 33.2 Å². The largest absolute Gasteiger partial charge is 0.396 e. The SMILES string of the molecule is OCCCNc1ncnc(Cl)n1. The van der Waals surface area contributed by atoms with E-state index in [1.54, 1.807) is 0 Å². The second kappa shape index (κ2) is 4.84. The molecule has 0 aliphatic heterocycles. The third-order valence-electron chi connectivity index (χ3n) is 1.16. The molecule has 0 aliphatic rings. The first-order chi connectivity index (χ1) is 5.83. The van der Waals surface area contributed by atoms with Gasteiger partial charge < -0.3 is 10.4 Å². The molecule has 0 unspecified atom stereocenters. The van der Waals surface area contributed by atoms with Crippen molar-refractivity contribution in [1.29, 1.82) is 0 Å². The number of aromatic nitrogens is 3. The Morgan fingerprint density at radius 2 is 2.33 bits per heavy atom. The Labute approximate surface area is 74.8 Å². The molecular formula is C6H9ClN4O. The number of hydrogen-bond donors (Lipinski definition) is 2. The topological polar surface area (TPSA) is 70.9 Å². The lowest BCUT2D eigenvalue weighted by molar-refractivity contribution is 0.292. The van der Waals surface area contributed by atoms with Crippen LogP contribution in [0.3, 0.4) is 0 Å². The normalized spacial score (nSPS) is 9.83. The Hall–Kier alpha value is -0.940. The highest BCUT2D eigenvalue weighted by Crippen LogP contribution is 2.01. The predicted octanol–water partition coefficient (Wildman–Crippen LogP) is 0.319. The molecule has 0 bridgehead atoms. The molecule has 1 heterocycles. The zero-order valence-corrected chi connectivity index (χ0v) is 7.12. The maximum atomic E-state index is 8.48. The maximum Gasteiger partial charge on any atom is 0.227 e. The number of nitrogens with zero attached hydrogens (tertiary/aromatic N) is 3. The lowest BCUT2D eigenvalue weighted by Crippen LogP contribution is -2.06. The zero-order chi connectivity index (χ0) is 8.81. The van der Waals surface area contributed by atoms with Crippen LogP contribution in [0.5, 0.6) is 0 Å². The summed E-state index contributed by atoms with van der Waals surface area (Å²) in [7, 11) is 0. The summed E-state index contributed by atoms with van der Waals surface area (Å²) >= 11 is 5.51. The fourth-order valence-electron chi connectivity index (χ4n) is 0.641. The van der Waals surface area contributed by atoms with Crippen LogP contribution in [0.15, 0.2) is 6.33 Å².